The molecule has 2 rings (SSSR count). The van der Waals surface area contributed by atoms with Gasteiger partial charge in [-0.15, -0.1) is 4.80 Å². The first-order chi connectivity index (χ1) is 5.86. The van der Waals surface area contributed by atoms with Crippen molar-refractivity contribution in [2.45, 2.75) is 0 Å². The van der Waals surface area contributed by atoms with Gasteiger partial charge in [-0.3, -0.25) is 0 Å². The second kappa shape index (κ2) is 2.45. The normalized spacial score (nSPS) is 11.1. The molecule has 0 bridgehead atoms. The van der Waals surface area contributed by atoms with Crippen LogP contribution in [0.15, 0.2) is 30.8 Å². The number of aromatic nitrogens is 5. The molecule has 0 radical (unpaired) electrons. The molecule has 2 aromatic rings. The zero-order valence-electron chi connectivity index (χ0n) is 6.55. The first-order valence-electron chi connectivity index (χ1n) is 3.51. The molecule has 0 aliphatic heterocycles. The van der Waals surface area contributed by atoms with Gasteiger partial charge in [0.15, 0.2) is 0 Å². The van der Waals surface area contributed by atoms with Gasteiger partial charge in [0.05, 0.1) is 13.8 Å². The van der Waals surface area contributed by atoms with Gasteiger partial charge in [-0.1, -0.05) is 0 Å². The molecule has 0 aliphatic rings. The van der Waals surface area contributed by atoms with E-state index < -0.39 is 0 Å². The second-order valence-corrected chi connectivity index (χ2v) is 1.80. The van der Waals surface area contributed by atoms with Gasteiger partial charge in [-0.05, 0) is 6.04 Å². The van der Waals surface area contributed by atoms with Crippen molar-refractivity contribution in [2.75, 3.05) is 0 Å². The van der Waals surface area contributed by atoms with E-state index in [0.29, 0.717) is 5.95 Å². The van der Waals surface area contributed by atoms with Crippen molar-refractivity contribution in [3.63, 3.8) is 0 Å². The van der Waals surface area contributed by atoms with Crippen molar-refractivity contribution in [3.05, 3.63) is 30.8 Å². The van der Waals surface area contributed by atoms with Crippen LogP contribution in [0.4, 0.5) is 0 Å². The molecule has 0 aliphatic carbocycles. The Morgan fingerprint density at radius 1 is 1.09 bits per heavy atom. The summed E-state index contributed by atoms with van der Waals surface area (Å²) in [6.07, 6.45) is 5.87. The standard InChI is InChI=1S/C6H5N5/c1-2-7-6(8-3-1)11-9-4-5-10-11/h1-5H/i1D. The lowest BCUT2D eigenvalue weighted by Crippen LogP contribution is -2.02. The Bertz CT molecular complexity index is 354. The van der Waals surface area contributed by atoms with Gasteiger partial charge in [0.1, 0.15) is 0 Å². The minimum Gasteiger partial charge on any atom is -0.218 e. The number of hydrogen-bond acceptors (Lipinski definition) is 4. The van der Waals surface area contributed by atoms with Crippen LogP contribution >= 0.6 is 0 Å². The quantitative estimate of drug-likeness (QED) is 0.573. The van der Waals surface area contributed by atoms with Crippen LogP contribution in [0, 0.1) is 0 Å². The Hall–Kier alpha value is -1.78. The summed E-state index contributed by atoms with van der Waals surface area (Å²) in [5, 5.41) is 7.67. The van der Waals surface area contributed by atoms with E-state index in [4.69, 9.17) is 1.37 Å². The third-order valence-electron chi connectivity index (χ3n) is 1.11. The van der Waals surface area contributed by atoms with Crippen LogP contribution in [-0.4, -0.2) is 25.0 Å². The molecule has 0 fully saturated rings. The van der Waals surface area contributed by atoms with E-state index in [0.717, 1.165) is 0 Å². The summed E-state index contributed by atoms with van der Waals surface area (Å²) in [5.41, 5.74) is 0. The molecule has 0 atom stereocenters. The molecule has 5 heteroatoms. The summed E-state index contributed by atoms with van der Waals surface area (Å²) in [6.45, 7) is 0. The van der Waals surface area contributed by atoms with Gasteiger partial charge in [0, 0.05) is 12.4 Å². The fraction of sp³-hybridized carbons (Fsp3) is 0. The van der Waals surface area contributed by atoms with Crippen LogP contribution in [-0.2, 0) is 0 Å². The highest BCUT2D eigenvalue weighted by Gasteiger charge is 1.96. The topological polar surface area (TPSA) is 56.5 Å². The molecule has 0 aromatic carbocycles. The van der Waals surface area contributed by atoms with Crippen molar-refractivity contribution >= 4 is 0 Å². The highest BCUT2D eigenvalue weighted by atomic mass is 15.5. The average molecular weight is 148 g/mol. The molecule has 54 valence electrons. The molecular weight excluding hydrogens is 142 g/mol. The Kier molecular flexibility index (Phi) is 1.10. The van der Waals surface area contributed by atoms with Gasteiger partial charge in [0.25, 0.3) is 5.95 Å². The minimum atomic E-state index is 0.269. The SMILES string of the molecule is [2H]c1cnc(-n2nccn2)nc1. The maximum absolute atomic E-state index is 7.14. The maximum Gasteiger partial charge on any atom is 0.268 e. The Balaban J connectivity index is 2.43. The lowest BCUT2D eigenvalue weighted by Gasteiger charge is -1.92. The first kappa shape index (κ1) is 4.95. The molecule has 11 heavy (non-hydrogen) atoms. The molecular formula is C6H5N5. The van der Waals surface area contributed by atoms with Gasteiger partial charge in [-0.2, -0.15) is 10.2 Å². The Morgan fingerprint density at radius 2 is 1.73 bits per heavy atom. The third-order valence-corrected chi connectivity index (χ3v) is 1.11. The van der Waals surface area contributed by atoms with E-state index in [9.17, 15) is 0 Å². The maximum atomic E-state index is 7.14. The molecule has 5 nitrogen and oxygen atoms in total. The molecule has 0 N–H and O–H groups in total. The van der Waals surface area contributed by atoms with Crippen LogP contribution in [0.5, 0.6) is 0 Å². The zero-order valence-corrected chi connectivity index (χ0v) is 5.55. The second-order valence-electron chi connectivity index (χ2n) is 1.80. The Morgan fingerprint density at radius 3 is 2.36 bits per heavy atom. The van der Waals surface area contributed by atoms with Crippen LogP contribution < -0.4 is 0 Å². The van der Waals surface area contributed by atoms with E-state index in [1.807, 2.05) is 0 Å². The summed E-state index contributed by atoms with van der Waals surface area (Å²) in [4.78, 5) is 9.01. The number of hydrogen-bond donors (Lipinski definition) is 0. The Labute approximate surface area is 64.1 Å². The molecule has 0 saturated heterocycles. The van der Waals surface area contributed by atoms with E-state index in [-0.39, 0.29) is 6.04 Å². The van der Waals surface area contributed by atoms with Gasteiger partial charge in [-0.25, -0.2) is 9.97 Å². The smallest absolute Gasteiger partial charge is 0.218 e. The van der Waals surface area contributed by atoms with E-state index in [2.05, 4.69) is 20.2 Å². The molecule has 0 saturated carbocycles. The highest BCUT2D eigenvalue weighted by Crippen LogP contribution is 1.90. The van der Waals surface area contributed by atoms with E-state index in [1.165, 1.54) is 29.6 Å². The lowest BCUT2D eigenvalue weighted by atomic mass is 10.7. The summed E-state index contributed by atoms with van der Waals surface area (Å²) in [5.74, 6) is 0.371. The number of nitrogens with zero attached hydrogens (tertiary/aromatic N) is 5. The monoisotopic (exact) mass is 148 g/mol. The predicted molar refractivity (Wildman–Crippen MR) is 36.9 cm³/mol. The van der Waals surface area contributed by atoms with Gasteiger partial charge >= 0.3 is 0 Å². The summed E-state index contributed by atoms with van der Waals surface area (Å²) in [7, 11) is 0. The van der Waals surface area contributed by atoms with Crippen molar-refractivity contribution in [1.29, 1.82) is 0 Å². The van der Waals surface area contributed by atoms with Crippen molar-refractivity contribution in [3.8, 4) is 5.95 Å². The zero-order chi connectivity index (χ0) is 8.39. The average Bonchev–Trinajstić information content (AvgIpc) is 2.58. The largest absolute Gasteiger partial charge is 0.268 e. The molecule has 0 unspecified atom stereocenters. The van der Waals surface area contributed by atoms with Crippen molar-refractivity contribution in [2.24, 2.45) is 0 Å². The number of rotatable bonds is 1. The lowest BCUT2D eigenvalue weighted by molar-refractivity contribution is 0.703. The first-order valence-corrected chi connectivity index (χ1v) is 3.01. The van der Waals surface area contributed by atoms with Crippen molar-refractivity contribution < 1.29 is 1.37 Å². The van der Waals surface area contributed by atoms with E-state index in [1.54, 1.807) is 0 Å². The fourth-order valence-corrected chi connectivity index (χ4v) is 0.679. The molecule has 0 amide bonds. The van der Waals surface area contributed by atoms with Crippen LogP contribution in [0.3, 0.4) is 0 Å². The summed E-state index contributed by atoms with van der Waals surface area (Å²) in [6, 6.07) is 0.269. The van der Waals surface area contributed by atoms with Crippen LogP contribution in [0.2, 0.25) is 0 Å². The predicted octanol–water partition coefficient (Wildman–Crippen LogP) is 0.0573. The van der Waals surface area contributed by atoms with E-state index >= 15 is 0 Å². The van der Waals surface area contributed by atoms with Gasteiger partial charge < -0.3 is 0 Å². The van der Waals surface area contributed by atoms with Crippen LogP contribution in [0.1, 0.15) is 1.37 Å². The van der Waals surface area contributed by atoms with Crippen LogP contribution in [0.25, 0.3) is 5.95 Å². The third kappa shape index (κ3) is 1.07. The molecule has 2 aromatic heterocycles. The highest BCUT2D eigenvalue weighted by molar-refractivity contribution is 5.02. The summed E-state index contributed by atoms with van der Waals surface area (Å²) >= 11 is 0. The summed E-state index contributed by atoms with van der Waals surface area (Å²) < 4.78 is 7.14. The fourth-order valence-electron chi connectivity index (χ4n) is 0.679. The molecule has 0 spiro atoms. The van der Waals surface area contributed by atoms with Crippen molar-refractivity contribution in [1.82, 2.24) is 25.0 Å². The minimum absolute atomic E-state index is 0.269. The van der Waals surface area contributed by atoms with Gasteiger partial charge in [0.2, 0.25) is 0 Å². The molecule has 2 heterocycles.